The van der Waals surface area contributed by atoms with E-state index in [1.807, 2.05) is 18.7 Å². The minimum atomic E-state index is -0.234. The first-order chi connectivity index (χ1) is 13.3. The molecule has 1 aliphatic rings. The molecule has 1 saturated heterocycles. The molecule has 2 unspecified atom stereocenters. The second kappa shape index (κ2) is 8.61. The van der Waals surface area contributed by atoms with E-state index in [-0.39, 0.29) is 36.2 Å². The number of amides is 1. The number of carbonyl (C=O) groups excluding carboxylic acids is 1. The fraction of sp³-hybridized carbons (Fsp3) is 0.409. The molecule has 0 radical (unpaired) electrons. The van der Waals surface area contributed by atoms with E-state index in [2.05, 4.69) is 11.8 Å². The Morgan fingerprint density at radius 2 is 1.86 bits per heavy atom. The summed E-state index contributed by atoms with van der Waals surface area (Å²) < 4.78 is 18.7. The average Bonchev–Trinajstić information content (AvgIpc) is 2.63. The molecule has 0 saturated carbocycles. The van der Waals surface area contributed by atoms with Crippen LogP contribution in [0, 0.1) is 12.7 Å². The van der Waals surface area contributed by atoms with Gasteiger partial charge in [-0.15, -0.1) is 0 Å². The zero-order valence-corrected chi connectivity index (χ0v) is 16.6. The molecule has 2 aromatic carbocycles. The predicted octanol–water partition coefficient (Wildman–Crippen LogP) is 3.34. The Labute approximate surface area is 165 Å². The number of rotatable bonds is 5. The Morgan fingerprint density at radius 1 is 1.14 bits per heavy atom. The highest BCUT2D eigenvalue weighted by Crippen LogP contribution is 2.22. The van der Waals surface area contributed by atoms with Gasteiger partial charge in [-0.25, -0.2) is 4.39 Å². The number of aryl methyl sites for hydroxylation is 1. The summed E-state index contributed by atoms with van der Waals surface area (Å²) in [5.41, 5.74) is 1.93. The summed E-state index contributed by atoms with van der Waals surface area (Å²) in [5.74, 6) is 0.310. The average molecular weight is 386 g/mol. The Bertz CT molecular complexity index is 805. The molecule has 1 fully saturated rings. The lowest BCUT2D eigenvalue weighted by molar-refractivity contribution is -0.139. The van der Waals surface area contributed by atoms with E-state index in [1.165, 1.54) is 18.2 Å². The normalized spacial score (nSPS) is 20.2. The maximum atomic E-state index is 13.1. The van der Waals surface area contributed by atoms with Crippen LogP contribution in [-0.2, 0) is 11.3 Å². The number of benzene rings is 2. The SMILES string of the molecule is Cc1cc(O)cc(OCC(=O)N2CC(C)N(Cc3ccc(F)cc3)CC2C)c1. The van der Waals surface area contributed by atoms with Crippen LogP contribution >= 0.6 is 0 Å². The molecule has 1 N–H and O–H groups in total. The first-order valence-electron chi connectivity index (χ1n) is 9.53. The summed E-state index contributed by atoms with van der Waals surface area (Å²) in [7, 11) is 0. The van der Waals surface area contributed by atoms with E-state index in [0.29, 0.717) is 12.3 Å². The Kier molecular flexibility index (Phi) is 6.19. The highest BCUT2D eigenvalue weighted by Gasteiger charge is 2.32. The third-order valence-corrected chi connectivity index (χ3v) is 5.13. The summed E-state index contributed by atoms with van der Waals surface area (Å²) in [6.45, 7) is 8.01. The molecule has 1 aliphatic heterocycles. The fourth-order valence-electron chi connectivity index (χ4n) is 3.63. The molecule has 0 aliphatic carbocycles. The van der Waals surface area contributed by atoms with Crippen molar-refractivity contribution in [2.24, 2.45) is 0 Å². The van der Waals surface area contributed by atoms with Crippen LogP contribution in [0.2, 0.25) is 0 Å². The molecule has 6 heteroatoms. The fourth-order valence-corrected chi connectivity index (χ4v) is 3.63. The molecular weight excluding hydrogens is 359 g/mol. The molecule has 2 atom stereocenters. The molecule has 2 aromatic rings. The Morgan fingerprint density at radius 3 is 2.54 bits per heavy atom. The molecule has 0 spiro atoms. The van der Waals surface area contributed by atoms with Gasteiger partial charge in [-0.05, 0) is 56.2 Å². The van der Waals surface area contributed by atoms with Crippen molar-refractivity contribution in [2.45, 2.75) is 39.4 Å². The monoisotopic (exact) mass is 386 g/mol. The number of carbonyl (C=O) groups is 1. The molecular formula is C22H27FN2O3. The van der Waals surface area contributed by atoms with Gasteiger partial charge in [-0.1, -0.05) is 12.1 Å². The number of nitrogens with zero attached hydrogens (tertiary/aromatic N) is 2. The lowest BCUT2D eigenvalue weighted by Gasteiger charge is -2.44. The van der Waals surface area contributed by atoms with E-state index in [4.69, 9.17) is 4.74 Å². The topological polar surface area (TPSA) is 53.0 Å². The molecule has 3 rings (SSSR count). The van der Waals surface area contributed by atoms with Gasteiger partial charge < -0.3 is 14.7 Å². The Balaban J connectivity index is 1.56. The van der Waals surface area contributed by atoms with Gasteiger partial charge in [0.05, 0.1) is 0 Å². The van der Waals surface area contributed by atoms with Crippen molar-refractivity contribution in [3.05, 3.63) is 59.4 Å². The van der Waals surface area contributed by atoms with Crippen molar-refractivity contribution in [2.75, 3.05) is 19.7 Å². The number of ether oxygens (including phenoxy) is 1. The van der Waals surface area contributed by atoms with Crippen molar-refractivity contribution in [1.29, 1.82) is 0 Å². The number of aromatic hydroxyl groups is 1. The van der Waals surface area contributed by atoms with Crippen LogP contribution in [-0.4, -0.2) is 52.6 Å². The quantitative estimate of drug-likeness (QED) is 0.856. The van der Waals surface area contributed by atoms with Crippen LogP contribution in [0.15, 0.2) is 42.5 Å². The van der Waals surface area contributed by atoms with Crippen molar-refractivity contribution < 1.29 is 19.0 Å². The minimum Gasteiger partial charge on any atom is -0.508 e. The zero-order valence-electron chi connectivity index (χ0n) is 16.6. The van der Waals surface area contributed by atoms with Crippen LogP contribution < -0.4 is 4.74 Å². The number of halogens is 1. The lowest BCUT2D eigenvalue weighted by atomic mass is 10.1. The third kappa shape index (κ3) is 5.01. The van der Waals surface area contributed by atoms with E-state index in [1.54, 1.807) is 24.3 Å². The summed E-state index contributed by atoms with van der Waals surface area (Å²) in [5, 5.41) is 9.65. The molecule has 0 bridgehead atoms. The highest BCUT2D eigenvalue weighted by molar-refractivity contribution is 5.78. The van der Waals surface area contributed by atoms with Gasteiger partial charge in [0.15, 0.2) is 6.61 Å². The highest BCUT2D eigenvalue weighted by atomic mass is 19.1. The molecule has 150 valence electrons. The van der Waals surface area contributed by atoms with Crippen molar-refractivity contribution in [3.63, 3.8) is 0 Å². The second-order valence-corrected chi connectivity index (χ2v) is 7.59. The van der Waals surface area contributed by atoms with Gasteiger partial charge in [-0.2, -0.15) is 0 Å². The minimum absolute atomic E-state index is 0.0543. The largest absolute Gasteiger partial charge is 0.508 e. The van der Waals surface area contributed by atoms with Crippen molar-refractivity contribution in [1.82, 2.24) is 9.80 Å². The number of phenolic OH excluding ortho intramolecular Hbond substituents is 1. The van der Waals surface area contributed by atoms with Gasteiger partial charge in [0.2, 0.25) is 0 Å². The van der Waals surface area contributed by atoms with Crippen molar-refractivity contribution in [3.8, 4) is 11.5 Å². The van der Waals surface area contributed by atoms with E-state index in [0.717, 1.165) is 24.2 Å². The lowest BCUT2D eigenvalue weighted by Crippen LogP contribution is -2.58. The number of hydrogen-bond donors (Lipinski definition) is 1. The maximum absolute atomic E-state index is 13.1. The predicted molar refractivity (Wildman–Crippen MR) is 106 cm³/mol. The van der Waals surface area contributed by atoms with Crippen LogP contribution in [0.5, 0.6) is 11.5 Å². The van der Waals surface area contributed by atoms with Crippen molar-refractivity contribution >= 4 is 5.91 Å². The van der Waals surface area contributed by atoms with Crippen LogP contribution in [0.25, 0.3) is 0 Å². The summed E-state index contributed by atoms with van der Waals surface area (Å²) in [6.07, 6.45) is 0. The molecule has 1 heterocycles. The summed E-state index contributed by atoms with van der Waals surface area (Å²) in [6, 6.07) is 11.7. The van der Waals surface area contributed by atoms with Gasteiger partial charge in [-0.3, -0.25) is 9.69 Å². The molecule has 5 nitrogen and oxygen atoms in total. The molecule has 0 aromatic heterocycles. The van der Waals surface area contributed by atoms with Gasteiger partial charge >= 0.3 is 0 Å². The summed E-state index contributed by atoms with van der Waals surface area (Å²) in [4.78, 5) is 16.8. The van der Waals surface area contributed by atoms with E-state index in [9.17, 15) is 14.3 Å². The van der Waals surface area contributed by atoms with E-state index < -0.39 is 0 Å². The van der Waals surface area contributed by atoms with Gasteiger partial charge in [0.25, 0.3) is 5.91 Å². The van der Waals surface area contributed by atoms with Crippen LogP contribution in [0.4, 0.5) is 4.39 Å². The Hall–Kier alpha value is -2.60. The second-order valence-electron chi connectivity index (χ2n) is 7.59. The third-order valence-electron chi connectivity index (χ3n) is 5.13. The standard InChI is InChI=1S/C22H27FN2O3/c1-15-8-20(26)10-21(9-15)28-14-22(27)25-12-16(2)24(11-17(25)3)13-18-4-6-19(23)7-5-18/h4-10,16-17,26H,11-14H2,1-3H3. The summed E-state index contributed by atoms with van der Waals surface area (Å²) >= 11 is 0. The first-order valence-corrected chi connectivity index (χ1v) is 9.53. The maximum Gasteiger partial charge on any atom is 0.260 e. The smallest absolute Gasteiger partial charge is 0.260 e. The van der Waals surface area contributed by atoms with Crippen LogP contribution in [0.3, 0.4) is 0 Å². The molecule has 28 heavy (non-hydrogen) atoms. The first kappa shape index (κ1) is 20.1. The number of hydrogen-bond acceptors (Lipinski definition) is 4. The van der Waals surface area contributed by atoms with Crippen LogP contribution in [0.1, 0.15) is 25.0 Å². The zero-order chi connectivity index (χ0) is 20.3. The number of piperazine rings is 1. The number of phenols is 1. The van der Waals surface area contributed by atoms with E-state index >= 15 is 0 Å². The van der Waals surface area contributed by atoms with Gasteiger partial charge in [0, 0.05) is 37.8 Å². The molecule has 1 amide bonds. The van der Waals surface area contributed by atoms with Gasteiger partial charge in [0.1, 0.15) is 17.3 Å².